The van der Waals surface area contributed by atoms with Gasteiger partial charge in [-0.15, -0.1) is 0 Å². The molecule has 1 aromatic carbocycles. The maximum Gasteiger partial charge on any atom is 0.159 e. The number of hydrogen-bond acceptors (Lipinski definition) is 2. The first-order valence-electron chi connectivity index (χ1n) is 6.63. The Labute approximate surface area is 106 Å². The largest absolute Gasteiger partial charge is 0.310 e. The van der Waals surface area contributed by atoms with Gasteiger partial charge in [-0.05, 0) is 37.0 Å². The fourth-order valence-corrected chi connectivity index (χ4v) is 3.06. The van der Waals surface area contributed by atoms with Crippen LogP contribution in [-0.4, -0.2) is 30.1 Å². The molecule has 2 nitrogen and oxygen atoms in total. The summed E-state index contributed by atoms with van der Waals surface area (Å²) in [5.74, 6) is -1.52. The van der Waals surface area contributed by atoms with Crippen molar-refractivity contribution < 1.29 is 8.78 Å². The van der Waals surface area contributed by atoms with Gasteiger partial charge in [-0.1, -0.05) is 6.07 Å². The summed E-state index contributed by atoms with van der Waals surface area (Å²) < 4.78 is 26.0. The van der Waals surface area contributed by atoms with Crippen LogP contribution >= 0.6 is 0 Å². The molecule has 98 valence electrons. The minimum atomic E-state index is -0.768. The van der Waals surface area contributed by atoms with Gasteiger partial charge in [-0.2, -0.15) is 0 Å². The summed E-state index contributed by atoms with van der Waals surface area (Å²) in [6.07, 6.45) is 3.67. The van der Waals surface area contributed by atoms with Crippen LogP contribution in [0.1, 0.15) is 24.8 Å². The molecule has 0 saturated carbocycles. The van der Waals surface area contributed by atoms with E-state index in [2.05, 4.69) is 10.2 Å². The Morgan fingerprint density at radius 3 is 2.78 bits per heavy atom. The molecule has 2 aliphatic rings. The van der Waals surface area contributed by atoms with Crippen LogP contribution < -0.4 is 5.32 Å². The van der Waals surface area contributed by atoms with Crippen molar-refractivity contribution in [2.45, 2.75) is 37.9 Å². The molecule has 0 aromatic heterocycles. The number of nitrogens with zero attached hydrogens (tertiary/aromatic N) is 1. The lowest BCUT2D eigenvalue weighted by atomic mass is 10.1. The molecule has 3 rings (SSSR count). The van der Waals surface area contributed by atoms with Crippen molar-refractivity contribution in [1.82, 2.24) is 10.2 Å². The molecular formula is C14H18F2N2. The minimum absolute atomic E-state index is 0.572. The first kappa shape index (κ1) is 12.1. The Balaban J connectivity index is 1.66. The monoisotopic (exact) mass is 252 g/mol. The van der Waals surface area contributed by atoms with Gasteiger partial charge in [0.05, 0.1) is 0 Å². The average molecular weight is 252 g/mol. The number of likely N-dealkylation sites (tertiary alicyclic amines) is 1. The third-order valence-electron chi connectivity index (χ3n) is 4.00. The smallest absolute Gasteiger partial charge is 0.159 e. The van der Waals surface area contributed by atoms with Crippen LogP contribution in [-0.2, 0) is 6.54 Å². The van der Waals surface area contributed by atoms with Crippen LogP contribution in [0.2, 0.25) is 0 Å². The molecule has 2 saturated heterocycles. The van der Waals surface area contributed by atoms with Gasteiger partial charge < -0.3 is 5.32 Å². The molecule has 4 heteroatoms. The first-order valence-corrected chi connectivity index (χ1v) is 6.63. The Morgan fingerprint density at radius 2 is 1.94 bits per heavy atom. The Kier molecular flexibility index (Phi) is 3.31. The molecule has 0 amide bonds. The molecule has 0 radical (unpaired) electrons. The van der Waals surface area contributed by atoms with Gasteiger partial charge >= 0.3 is 0 Å². The standard InChI is InChI=1S/C14H18F2N2/c15-13-4-1-10(7-14(13)16)8-18-6-5-11-2-3-12(9-18)17-11/h1,4,7,11-12,17H,2-3,5-6,8-9H2. The average Bonchev–Trinajstić information content (AvgIpc) is 2.68. The SMILES string of the molecule is Fc1ccc(CN2CCC3CCC(C2)N3)cc1F. The number of rotatable bonds is 2. The first-order chi connectivity index (χ1) is 8.70. The predicted molar refractivity (Wildman–Crippen MR) is 66.2 cm³/mol. The third-order valence-corrected chi connectivity index (χ3v) is 4.00. The molecular weight excluding hydrogens is 234 g/mol. The summed E-state index contributed by atoms with van der Waals surface area (Å²) in [6.45, 7) is 2.75. The molecule has 2 fully saturated rings. The molecule has 0 spiro atoms. The van der Waals surface area contributed by atoms with E-state index in [0.29, 0.717) is 18.6 Å². The quantitative estimate of drug-likeness (QED) is 0.868. The van der Waals surface area contributed by atoms with Gasteiger partial charge in [-0.25, -0.2) is 8.78 Å². The minimum Gasteiger partial charge on any atom is -0.310 e. The van der Waals surface area contributed by atoms with Crippen LogP contribution in [0, 0.1) is 11.6 Å². The van der Waals surface area contributed by atoms with E-state index >= 15 is 0 Å². The predicted octanol–water partition coefficient (Wildman–Crippen LogP) is 2.29. The zero-order valence-corrected chi connectivity index (χ0v) is 10.3. The van der Waals surface area contributed by atoms with E-state index in [0.717, 1.165) is 25.1 Å². The van der Waals surface area contributed by atoms with Gasteiger partial charge in [0.25, 0.3) is 0 Å². The molecule has 2 bridgehead atoms. The second-order valence-electron chi connectivity index (χ2n) is 5.41. The second-order valence-corrected chi connectivity index (χ2v) is 5.41. The van der Waals surface area contributed by atoms with Crippen LogP contribution in [0.15, 0.2) is 18.2 Å². The topological polar surface area (TPSA) is 15.3 Å². The van der Waals surface area contributed by atoms with Gasteiger partial charge in [0.15, 0.2) is 11.6 Å². The van der Waals surface area contributed by atoms with E-state index in [9.17, 15) is 8.78 Å². The lowest BCUT2D eigenvalue weighted by molar-refractivity contribution is 0.250. The molecule has 1 aromatic rings. The van der Waals surface area contributed by atoms with Crippen molar-refractivity contribution in [2.24, 2.45) is 0 Å². The molecule has 0 aliphatic carbocycles. The van der Waals surface area contributed by atoms with E-state index < -0.39 is 11.6 Å². The summed E-state index contributed by atoms with van der Waals surface area (Å²) in [6, 6.07) is 5.43. The highest BCUT2D eigenvalue weighted by molar-refractivity contribution is 5.17. The summed E-state index contributed by atoms with van der Waals surface area (Å²) in [4.78, 5) is 2.34. The van der Waals surface area contributed by atoms with Gasteiger partial charge in [0.2, 0.25) is 0 Å². The zero-order chi connectivity index (χ0) is 12.5. The number of halogens is 2. The molecule has 2 unspecified atom stereocenters. The van der Waals surface area contributed by atoms with E-state index in [1.54, 1.807) is 6.07 Å². The zero-order valence-electron chi connectivity index (χ0n) is 10.3. The highest BCUT2D eigenvalue weighted by atomic mass is 19.2. The molecule has 1 N–H and O–H groups in total. The van der Waals surface area contributed by atoms with E-state index in [1.165, 1.54) is 25.0 Å². The van der Waals surface area contributed by atoms with E-state index in [4.69, 9.17) is 0 Å². The van der Waals surface area contributed by atoms with Crippen molar-refractivity contribution >= 4 is 0 Å². The second kappa shape index (κ2) is 4.94. The molecule has 2 aliphatic heterocycles. The lowest BCUT2D eigenvalue weighted by Gasteiger charge is -2.24. The van der Waals surface area contributed by atoms with Gasteiger partial charge in [0, 0.05) is 31.7 Å². The van der Waals surface area contributed by atoms with E-state index in [-0.39, 0.29) is 0 Å². The van der Waals surface area contributed by atoms with Crippen molar-refractivity contribution in [3.8, 4) is 0 Å². The summed E-state index contributed by atoms with van der Waals surface area (Å²) in [7, 11) is 0. The Hall–Kier alpha value is -1.00. The normalized spacial score (nSPS) is 28.3. The fraction of sp³-hybridized carbons (Fsp3) is 0.571. The van der Waals surface area contributed by atoms with Crippen molar-refractivity contribution in [3.63, 3.8) is 0 Å². The molecule has 2 atom stereocenters. The van der Waals surface area contributed by atoms with Crippen LogP contribution in [0.3, 0.4) is 0 Å². The highest BCUT2D eigenvalue weighted by Crippen LogP contribution is 2.21. The lowest BCUT2D eigenvalue weighted by Crippen LogP contribution is -2.34. The third kappa shape index (κ3) is 2.54. The maximum absolute atomic E-state index is 13.2. The van der Waals surface area contributed by atoms with Crippen LogP contribution in [0.5, 0.6) is 0 Å². The summed E-state index contributed by atoms with van der Waals surface area (Å²) >= 11 is 0. The summed E-state index contributed by atoms with van der Waals surface area (Å²) in [5.41, 5.74) is 0.853. The van der Waals surface area contributed by atoms with Crippen molar-refractivity contribution in [2.75, 3.05) is 13.1 Å². The van der Waals surface area contributed by atoms with Gasteiger partial charge in [-0.3, -0.25) is 4.90 Å². The van der Waals surface area contributed by atoms with Crippen LogP contribution in [0.4, 0.5) is 8.78 Å². The van der Waals surface area contributed by atoms with Crippen molar-refractivity contribution in [3.05, 3.63) is 35.4 Å². The Morgan fingerprint density at radius 1 is 1.11 bits per heavy atom. The number of benzene rings is 1. The Bertz CT molecular complexity index is 436. The number of hydrogen-bond donors (Lipinski definition) is 1. The van der Waals surface area contributed by atoms with Crippen LogP contribution in [0.25, 0.3) is 0 Å². The van der Waals surface area contributed by atoms with Crippen molar-refractivity contribution in [1.29, 1.82) is 0 Å². The number of nitrogens with one attached hydrogen (secondary N) is 1. The fourth-order valence-electron chi connectivity index (χ4n) is 3.06. The van der Waals surface area contributed by atoms with Gasteiger partial charge in [0.1, 0.15) is 0 Å². The van der Waals surface area contributed by atoms with E-state index in [1.807, 2.05) is 0 Å². The number of fused-ring (bicyclic) bond motifs is 2. The molecule has 2 heterocycles. The molecule has 18 heavy (non-hydrogen) atoms. The highest BCUT2D eigenvalue weighted by Gasteiger charge is 2.29. The summed E-state index contributed by atoms with van der Waals surface area (Å²) in [5, 5.41) is 3.61. The maximum atomic E-state index is 13.2.